The Morgan fingerprint density at radius 2 is 2.10 bits per heavy atom. The van der Waals surface area contributed by atoms with Crippen molar-refractivity contribution in [2.24, 2.45) is 0 Å². The molecular formula is C22H20F2N4O2. The summed E-state index contributed by atoms with van der Waals surface area (Å²) in [6.07, 6.45) is 3.60. The summed E-state index contributed by atoms with van der Waals surface area (Å²) in [5.74, 6) is -2.86. The number of rotatable bonds is 4. The molecule has 1 aromatic heterocycles. The van der Waals surface area contributed by atoms with Crippen molar-refractivity contribution >= 4 is 22.5 Å². The molecule has 2 aliphatic heterocycles. The first-order valence-electron chi connectivity index (χ1n) is 9.89. The summed E-state index contributed by atoms with van der Waals surface area (Å²) in [4.78, 5) is 23.4. The van der Waals surface area contributed by atoms with E-state index in [1.807, 2.05) is 0 Å². The molecule has 1 amide bonds. The van der Waals surface area contributed by atoms with Crippen LogP contribution in [0.1, 0.15) is 30.0 Å². The van der Waals surface area contributed by atoms with Crippen LogP contribution < -0.4 is 10.1 Å². The molecule has 2 unspecified atom stereocenters. The van der Waals surface area contributed by atoms with E-state index in [-0.39, 0.29) is 11.3 Å². The second-order valence-electron chi connectivity index (χ2n) is 7.77. The third-order valence-corrected chi connectivity index (χ3v) is 5.97. The highest BCUT2D eigenvalue weighted by atomic mass is 19.2. The molecule has 3 aromatic rings. The van der Waals surface area contributed by atoms with E-state index < -0.39 is 23.5 Å². The number of amides is 1. The molecular weight excluding hydrogens is 390 g/mol. The Labute approximate surface area is 171 Å². The number of carbonyl (C=O) groups is 1. The Morgan fingerprint density at radius 1 is 1.23 bits per heavy atom. The predicted octanol–water partition coefficient (Wildman–Crippen LogP) is 3.47. The minimum Gasteiger partial charge on any atom is -0.492 e. The first kappa shape index (κ1) is 18.9. The van der Waals surface area contributed by atoms with Crippen molar-refractivity contribution in [1.82, 2.24) is 14.9 Å². The van der Waals surface area contributed by atoms with Crippen LogP contribution in [0.5, 0.6) is 5.75 Å². The lowest BCUT2D eigenvalue weighted by molar-refractivity contribution is -0.116. The van der Waals surface area contributed by atoms with Crippen LogP contribution in [-0.4, -0.2) is 47.0 Å². The maximum atomic E-state index is 14.5. The van der Waals surface area contributed by atoms with Crippen LogP contribution in [0.3, 0.4) is 0 Å². The molecule has 0 saturated carbocycles. The van der Waals surface area contributed by atoms with Crippen molar-refractivity contribution < 1.29 is 18.3 Å². The standard InChI is InChI=1S/C22H20F2N4O2/c1-28-8-2-3-12(28)10-30-13-4-5-14-17(9-13)25-11-26-21(14)19-18-16(27-22(19)29)7-6-15(23)20(18)24/h4-7,9,11-12,19H,2-3,8,10H2,1H3,(H,27,29). The number of carbonyl (C=O) groups excluding carboxylic acids is 1. The van der Waals surface area contributed by atoms with Gasteiger partial charge in [-0.1, -0.05) is 0 Å². The van der Waals surface area contributed by atoms with Crippen molar-refractivity contribution in [3.63, 3.8) is 0 Å². The number of hydrogen-bond donors (Lipinski definition) is 1. The van der Waals surface area contributed by atoms with Gasteiger partial charge in [0, 0.05) is 28.7 Å². The fraction of sp³-hybridized carbons (Fsp3) is 0.318. The van der Waals surface area contributed by atoms with Gasteiger partial charge in [0.1, 0.15) is 24.6 Å². The van der Waals surface area contributed by atoms with Gasteiger partial charge in [0.2, 0.25) is 5.91 Å². The average molecular weight is 410 g/mol. The number of ether oxygens (including phenoxy) is 1. The monoisotopic (exact) mass is 410 g/mol. The normalized spacial score (nSPS) is 21.1. The highest BCUT2D eigenvalue weighted by Crippen LogP contribution is 2.41. The van der Waals surface area contributed by atoms with Gasteiger partial charge in [-0.3, -0.25) is 4.79 Å². The number of nitrogens with one attached hydrogen (secondary N) is 1. The SMILES string of the molecule is CN1CCCC1COc1ccc2c(C3C(=O)Nc4ccc(F)c(F)c43)ncnc2c1. The number of benzene rings is 2. The Bertz CT molecular complexity index is 1150. The van der Waals surface area contributed by atoms with Crippen LogP contribution in [0.15, 0.2) is 36.7 Å². The lowest BCUT2D eigenvalue weighted by Crippen LogP contribution is -2.30. The van der Waals surface area contributed by atoms with E-state index in [9.17, 15) is 13.6 Å². The molecule has 154 valence electrons. The number of anilines is 1. The predicted molar refractivity (Wildman–Crippen MR) is 108 cm³/mol. The number of hydrogen-bond acceptors (Lipinski definition) is 5. The number of aromatic nitrogens is 2. The van der Waals surface area contributed by atoms with Gasteiger partial charge in [0.25, 0.3) is 0 Å². The van der Waals surface area contributed by atoms with Crippen molar-refractivity contribution in [2.45, 2.75) is 24.8 Å². The molecule has 2 atom stereocenters. The van der Waals surface area contributed by atoms with Crippen LogP contribution in [0, 0.1) is 11.6 Å². The molecule has 5 rings (SSSR count). The molecule has 8 heteroatoms. The molecule has 6 nitrogen and oxygen atoms in total. The zero-order valence-electron chi connectivity index (χ0n) is 16.4. The number of likely N-dealkylation sites (tertiary alicyclic amines) is 1. The van der Waals surface area contributed by atoms with Crippen LogP contribution in [0.2, 0.25) is 0 Å². The van der Waals surface area contributed by atoms with Crippen LogP contribution >= 0.6 is 0 Å². The molecule has 1 saturated heterocycles. The smallest absolute Gasteiger partial charge is 0.238 e. The van der Waals surface area contributed by atoms with Crippen LogP contribution in [0.4, 0.5) is 14.5 Å². The van der Waals surface area contributed by atoms with Crippen LogP contribution in [-0.2, 0) is 4.79 Å². The van der Waals surface area contributed by atoms with E-state index in [4.69, 9.17) is 4.74 Å². The van der Waals surface area contributed by atoms with Crippen LogP contribution in [0.25, 0.3) is 10.9 Å². The maximum Gasteiger partial charge on any atom is 0.238 e. The molecule has 1 fully saturated rings. The Morgan fingerprint density at radius 3 is 2.90 bits per heavy atom. The quantitative estimate of drug-likeness (QED) is 0.714. The third-order valence-electron chi connectivity index (χ3n) is 5.97. The molecule has 1 N–H and O–H groups in total. The molecule has 0 spiro atoms. The van der Waals surface area contributed by atoms with Gasteiger partial charge in [-0.25, -0.2) is 18.7 Å². The largest absolute Gasteiger partial charge is 0.492 e. The summed E-state index contributed by atoms with van der Waals surface area (Å²) in [6.45, 7) is 1.66. The lowest BCUT2D eigenvalue weighted by atomic mass is 9.93. The first-order valence-corrected chi connectivity index (χ1v) is 9.89. The summed E-state index contributed by atoms with van der Waals surface area (Å²) < 4.78 is 34.3. The first-order chi connectivity index (χ1) is 14.5. The van der Waals surface area contributed by atoms with E-state index in [0.29, 0.717) is 35.0 Å². The third kappa shape index (κ3) is 3.08. The number of nitrogens with zero attached hydrogens (tertiary/aromatic N) is 3. The van der Waals surface area contributed by atoms with Gasteiger partial charge < -0.3 is 15.0 Å². The van der Waals surface area contributed by atoms with Gasteiger partial charge in [0.15, 0.2) is 11.6 Å². The Hall–Kier alpha value is -3.13. The van der Waals surface area contributed by atoms with Gasteiger partial charge in [-0.2, -0.15) is 0 Å². The molecule has 2 aliphatic rings. The molecule has 0 aliphatic carbocycles. The highest BCUT2D eigenvalue weighted by molar-refractivity contribution is 6.06. The fourth-order valence-electron chi connectivity index (χ4n) is 4.31. The lowest BCUT2D eigenvalue weighted by Gasteiger charge is -2.20. The van der Waals surface area contributed by atoms with E-state index in [0.717, 1.165) is 19.0 Å². The number of likely N-dealkylation sites (N-methyl/N-ethyl adjacent to an activating group) is 1. The number of fused-ring (bicyclic) bond motifs is 2. The summed E-state index contributed by atoms with van der Waals surface area (Å²) >= 11 is 0. The summed E-state index contributed by atoms with van der Waals surface area (Å²) in [5, 5.41) is 3.21. The zero-order chi connectivity index (χ0) is 20.8. The highest BCUT2D eigenvalue weighted by Gasteiger charge is 2.38. The van der Waals surface area contributed by atoms with E-state index >= 15 is 0 Å². The molecule has 0 radical (unpaired) electrons. The second-order valence-corrected chi connectivity index (χ2v) is 7.77. The molecule has 2 aromatic carbocycles. The fourth-order valence-corrected chi connectivity index (χ4v) is 4.31. The molecule has 3 heterocycles. The Kier molecular flexibility index (Phi) is 4.58. The average Bonchev–Trinajstić information content (AvgIpc) is 3.31. The summed E-state index contributed by atoms with van der Waals surface area (Å²) in [7, 11) is 2.09. The van der Waals surface area contributed by atoms with Crippen molar-refractivity contribution in [2.75, 3.05) is 25.5 Å². The van der Waals surface area contributed by atoms with Gasteiger partial charge in [-0.15, -0.1) is 0 Å². The topological polar surface area (TPSA) is 67.3 Å². The minimum absolute atomic E-state index is 0.0235. The van der Waals surface area contributed by atoms with Gasteiger partial charge >= 0.3 is 0 Å². The summed E-state index contributed by atoms with van der Waals surface area (Å²) in [6, 6.07) is 8.09. The second kappa shape index (κ2) is 7.28. The summed E-state index contributed by atoms with van der Waals surface area (Å²) in [5.41, 5.74) is 1.15. The van der Waals surface area contributed by atoms with Gasteiger partial charge in [0.05, 0.1) is 11.2 Å². The van der Waals surface area contributed by atoms with Crippen molar-refractivity contribution in [3.05, 3.63) is 59.6 Å². The Balaban J connectivity index is 1.49. The van der Waals surface area contributed by atoms with Crippen molar-refractivity contribution in [1.29, 1.82) is 0 Å². The number of halogens is 2. The maximum absolute atomic E-state index is 14.5. The van der Waals surface area contributed by atoms with E-state index in [1.165, 1.54) is 18.8 Å². The molecule has 0 bridgehead atoms. The minimum atomic E-state index is -1.04. The van der Waals surface area contributed by atoms with E-state index in [1.54, 1.807) is 18.2 Å². The molecule has 30 heavy (non-hydrogen) atoms. The zero-order valence-corrected chi connectivity index (χ0v) is 16.4. The van der Waals surface area contributed by atoms with Crippen molar-refractivity contribution in [3.8, 4) is 5.75 Å². The van der Waals surface area contributed by atoms with Gasteiger partial charge in [-0.05, 0) is 50.7 Å². The van der Waals surface area contributed by atoms with E-state index in [2.05, 4.69) is 27.2 Å².